The molecule has 0 aliphatic heterocycles. The predicted molar refractivity (Wildman–Crippen MR) is 77.9 cm³/mol. The number of nitrogen functional groups attached to an aromatic ring is 1. The number of hydrogen-bond acceptors (Lipinski definition) is 3. The van der Waals surface area contributed by atoms with Crippen LogP contribution >= 0.6 is 0 Å². The van der Waals surface area contributed by atoms with Crippen molar-refractivity contribution >= 4 is 11.6 Å². The van der Waals surface area contributed by atoms with Gasteiger partial charge in [0, 0.05) is 16.8 Å². The minimum absolute atomic E-state index is 0.0190. The summed E-state index contributed by atoms with van der Waals surface area (Å²) in [5.41, 5.74) is 5.02. The molecule has 1 aliphatic carbocycles. The van der Waals surface area contributed by atoms with Crippen LogP contribution < -0.4 is 16.6 Å². The Morgan fingerprint density at radius 1 is 1.26 bits per heavy atom. The van der Waals surface area contributed by atoms with Gasteiger partial charge in [-0.3, -0.25) is 10.6 Å². The lowest BCUT2D eigenvalue weighted by molar-refractivity contribution is 0.0882. The van der Waals surface area contributed by atoms with Gasteiger partial charge in [0.25, 0.3) is 5.91 Å². The molecule has 1 aromatic carbocycles. The van der Waals surface area contributed by atoms with Gasteiger partial charge >= 0.3 is 0 Å². The highest BCUT2D eigenvalue weighted by Gasteiger charge is 2.28. The van der Waals surface area contributed by atoms with Gasteiger partial charge in [-0.2, -0.15) is 0 Å². The number of hydrogen-bond donors (Lipinski definition) is 3. The van der Waals surface area contributed by atoms with Crippen molar-refractivity contribution in [3.05, 3.63) is 29.3 Å². The number of nitrogens with one attached hydrogen (secondary N) is 2. The third-order valence-corrected chi connectivity index (χ3v) is 4.01. The molecule has 0 bridgehead atoms. The summed E-state index contributed by atoms with van der Waals surface area (Å²) in [7, 11) is 0. The highest BCUT2D eigenvalue weighted by molar-refractivity contribution is 5.96. The largest absolute Gasteiger partial charge is 0.347 e. The summed E-state index contributed by atoms with van der Waals surface area (Å²) in [6.45, 7) is 4.08. The third-order valence-electron chi connectivity index (χ3n) is 4.01. The maximum absolute atomic E-state index is 12.4. The van der Waals surface area contributed by atoms with Crippen molar-refractivity contribution in [2.45, 2.75) is 51.5 Å². The zero-order chi connectivity index (χ0) is 13.9. The standard InChI is InChI=1S/C15H23N3O/c1-11-10-12(18-16)6-7-13(11)14(19)17-15(2)8-4-3-5-9-15/h6-7,10,18H,3-5,8-9,16H2,1-2H3,(H,17,19). The quantitative estimate of drug-likeness (QED) is 0.579. The molecule has 1 saturated carbocycles. The molecule has 2 rings (SSSR count). The first-order valence-electron chi connectivity index (χ1n) is 6.94. The van der Waals surface area contributed by atoms with Crippen molar-refractivity contribution in [2.24, 2.45) is 5.84 Å². The minimum Gasteiger partial charge on any atom is -0.347 e. The molecule has 0 aromatic heterocycles. The van der Waals surface area contributed by atoms with Gasteiger partial charge in [0.1, 0.15) is 0 Å². The normalized spacial score (nSPS) is 17.8. The minimum atomic E-state index is -0.0490. The van der Waals surface area contributed by atoms with Crippen LogP contribution in [-0.4, -0.2) is 11.4 Å². The molecule has 4 nitrogen and oxygen atoms in total. The molecule has 1 aromatic rings. The maximum atomic E-state index is 12.4. The van der Waals surface area contributed by atoms with E-state index in [1.54, 1.807) is 0 Å². The van der Waals surface area contributed by atoms with E-state index in [9.17, 15) is 4.79 Å². The van der Waals surface area contributed by atoms with Crippen LogP contribution in [-0.2, 0) is 0 Å². The highest BCUT2D eigenvalue weighted by atomic mass is 16.1. The van der Waals surface area contributed by atoms with E-state index in [1.165, 1.54) is 19.3 Å². The first-order chi connectivity index (χ1) is 9.04. The zero-order valence-electron chi connectivity index (χ0n) is 11.8. The second-order valence-electron chi connectivity index (χ2n) is 5.75. The fourth-order valence-electron chi connectivity index (χ4n) is 2.81. The first kappa shape index (κ1) is 13.9. The molecule has 1 fully saturated rings. The summed E-state index contributed by atoms with van der Waals surface area (Å²) >= 11 is 0. The van der Waals surface area contributed by atoms with Crippen molar-refractivity contribution in [1.29, 1.82) is 0 Å². The van der Waals surface area contributed by atoms with Crippen LogP contribution in [0.25, 0.3) is 0 Å². The van der Waals surface area contributed by atoms with E-state index in [0.717, 1.165) is 29.7 Å². The summed E-state index contributed by atoms with van der Waals surface area (Å²) in [4.78, 5) is 12.4. The molecule has 0 heterocycles. The van der Waals surface area contributed by atoms with Crippen LogP contribution in [0.5, 0.6) is 0 Å². The van der Waals surface area contributed by atoms with E-state index in [2.05, 4.69) is 17.7 Å². The van der Waals surface area contributed by atoms with Crippen molar-refractivity contribution < 1.29 is 4.79 Å². The van der Waals surface area contributed by atoms with E-state index in [-0.39, 0.29) is 11.4 Å². The molecule has 0 saturated heterocycles. The Morgan fingerprint density at radius 3 is 2.53 bits per heavy atom. The van der Waals surface area contributed by atoms with Gasteiger partial charge in [0.2, 0.25) is 0 Å². The van der Waals surface area contributed by atoms with Crippen LogP contribution in [0.15, 0.2) is 18.2 Å². The summed E-state index contributed by atoms with van der Waals surface area (Å²) in [6, 6.07) is 5.54. The SMILES string of the molecule is Cc1cc(NN)ccc1C(=O)NC1(C)CCCCC1. The van der Waals surface area contributed by atoms with E-state index >= 15 is 0 Å². The first-order valence-corrected chi connectivity index (χ1v) is 6.94. The summed E-state index contributed by atoms with van der Waals surface area (Å²) in [6.07, 6.45) is 5.82. The molecule has 0 atom stereocenters. The number of aryl methyl sites for hydroxylation is 1. The number of rotatable bonds is 3. The van der Waals surface area contributed by atoms with Crippen LogP contribution in [0.2, 0.25) is 0 Å². The molecule has 4 N–H and O–H groups in total. The summed E-state index contributed by atoms with van der Waals surface area (Å²) in [5.74, 6) is 5.38. The monoisotopic (exact) mass is 261 g/mol. The molecule has 19 heavy (non-hydrogen) atoms. The molecule has 0 unspecified atom stereocenters. The van der Waals surface area contributed by atoms with Crippen molar-refractivity contribution in [3.8, 4) is 0 Å². The summed E-state index contributed by atoms with van der Waals surface area (Å²) < 4.78 is 0. The number of carbonyl (C=O) groups is 1. The number of amides is 1. The Labute approximate surface area is 114 Å². The predicted octanol–water partition coefficient (Wildman–Crippen LogP) is 2.73. The lowest BCUT2D eigenvalue weighted by Gasteiger charge is -2.34. The fourth-order valence-corrected chi connectivity index (χ4v) is 2.81. The zero-order valence-corrected chi connectivity index (χ0v) is 11.8. The Balaban J connectivity index is 2.11. The van der Waals surface area contributed by atoms with Crippen LogP contribution in [0.3, 0.4) is 0 Å². The number of hydrazine groups is 1. The average molecular weight is 261 g/mol. The van der Waals surface area contributed by atoms with Crippen molar-refractivity contribution in [3.63, 3.8) is 0 Å². The number of carbonyl (C=O) groups excluding carboxylic acids is 1. The molecule has 4 heteroatoms. The third kappa shape index (κ3) is 3.26. The number of nitrogens with two attached hydrogens (primary N) is 1. The lowest BCUT2D eigenvalue weighted by Crippen LogP contribution is -2.47. The van der Waals surface area contributed by atoms with Crippen LogP contribution in [0, 0.1) is 6.92 Å². The van der Waals surface area contributed by atoms with Gasteiger partial charge in [-0.05, 0) is 50.5 Å². The van der Waals surface area contributed by atoms with Gasteiger partial charge in [0.15, 0.2) is 0 Å². The Hall–Kier alpha value is -1.55. The number of benzene rings is 1. The molecule has 0 spiro atoms. The lowest BCUT2D eigenvalue weighted by atomic mass is 9.83. The molecule has 1 aliphatic rings. The maximum Gasteiger partial charge on any atom is 0.251 e. The van der Waals surface area contributed by atoms with Gasteiger partial charge in [-0.15, -0.1) is 0 Å². The smallest absolute Gasteiger partial charge is 0.251 e. The Morgan fingerprint density at radius 2 is 1.95 bits per heavy atom. The van der Waals surface area contributed by atoms with E-state index in [0.29, 0.717) is 0 Å². The van der Waals surface area contributed by atoms with E-state index < -0.39 is 0 Å². The van der Waals surface area contributed by atoms with Gasteiger partial charge in [-0.25, -0.2) is 0 Å². The Bertz CT molecular complexity index is 464. The number of anilines is 1. The average Bonchev–Trinajstić information content (AvgIpc) is 2.38. The van der Waals surface area contributed by atoms with Crippen molar-refractivity contribution in [1.82, 2.24) is 5.32 Å². The van der Waals surface area contributed by atoms with Crippen LogP contribution in [0.1, 0.15) is 54.9 Å². The second-order valence-corrected chi connectivity index (χ2v) is 5.75. The molecule has 104 valence electrons. The highest BCUT2D eigenvalue weighted by Crippen LogP contribution is 2.28. The topological polar surface area (TPSA) is 67.1 Å². The van der Waals surface area contributed by atoms with Gasteiger partial charge in [0.05, 0.1) is 0 Å². The van der Waals surface area contributed by atoms with E-state index in [4.69, 9.17) is 5.84 Å². The second kappa shape index (κ2) is 5.61. The van der Waals surface area contributed by atoms with Gasteiger partial charge < -0.3 is 10.7 Å². The van der Waals surface area contributed by atoms with Crippen LogP contribution in [0.4, 0.5) is 5.69 Å². The van der Waals surface area contributed by atoms with Crippen molar-refractivity contribution in [2.75, 3.05) is 5.43 Å². The van der Waals surface area contributed by atoms with E-state index in [1.807, 2.05) is 25.1 Å². The van der Waals surface area contributed by atoms with Gasteiger partial charge in [-0.1, -0.05) is 19.3 Å². The fraction of sp³-hybridized carbons (Fsp3) is 0.533. The molecule has 1 amide bonds. The molecular formula is C15H23N3O. The molecular weight excluding hydrogens is 238 g/mol. The molecule has 0 radical (unpaired) electrons. The summed E-state index contributed by atoms with van der Waals surface area (Å²) in [5, 5.41) is 3.20. The Kier molecular flexibility index (Phi) is 4.10.